The van der Waals surface area contributed by atoms with Crippen LogP contribution in [0.3, 0.4) is 0 Å². The van der Waals surface area contributed by atoms with Gasteiger partial charge >= 0.3 is 0 Å². The highest BCUT2D eigenvalue weighted by Gasteiger charge is 2.19. The van der Waals surface area contributed by atoms with E-state index in [2.05, 4.69) is 179 Å². The van der Waals surface area contributed by atoms with Crippen LogP contribution in [0.5, 0.6) is 0 Å². The summed E-state index contributed by atoms with van der Waals surface area (Å²) in [4.78, 5) is 2.38. The van der Waals surface area contributed by atoms with Gasteiger partial charge < -0.3 is 13.9 Å². The molecule has 0 fully saturated rings. The summed E-state index contributed by atoms with van der Waals surface area (Å²) in [5.41, 5.74) is 11.0. The van der Waals surface area contributed by atoms with Crippen molar-refractivity contribution in [3.63, 3.8) is 0 Å². The predicted octanol–water partition coefficient (Wildman–Crippen LogP) is 13.0. The van der Waals surface area contributed by atoms with Crippen LogP contribution in [0.1, 0.15) is 0 Å². The summed E-state index contributed by atoms with van der Waals surface area (Å²) in [7, 11) is 0. The molecular formula is C46H30N2O. The second-order valence-electron chi connectivity index (χ2n) is 12.6. The van der Waals surface area contributed by atoms with Gasteiger partial charge in [-0.25, -0.2) is 0 Å². The molecule has 0 unspecified atom stereocenters. The zero-order valence-corrected chi connectivity index (χ0v) is 26.6. The van der Waals surface area contributed by atoms with E-state index in [1.807, 2.05) is 12.1 Å². The highest BCUT2D eigenvalue weighted by Crippen LogP contribution is 2.42. The number of hydrogen-bond acceptors (Lipinski definition) is 2. The number of aromatic nitrogens is 1. The normalized spacial score (nSPS) is 11.7. The van der Waals surface area contributed by atoms with Crippen LogP contribution in [0, 0.1) is 0 Å². The van der Waals surface area contributed by atoms with Crippen molar-refractivity contribution in [2.75, 3.05) is 4.90 Å². The Morgan fingerprint density at radius 1 is 0.388 bits per heavy atom. The maximum atomic E-state index is 6.30. The number of nitrogens with zero attached hydrogens (tertiary/aromatic N) is 2. The van der Waals surface area contributed by atoms with Crippen LogP contribution in [0.15, 0.2) is 186 Å². The molecule has 2 heterocycles. The number of rotatable bonds is 5. The van der Waals surface area contributed by atoms with E-state index in [1.54, 1.807) is 0 Å². The largest absolute Gasteiger partial charge is 0.456 e. The summed E-state index contributed by atoms with van der Waals surface area (Å²) in [6.07, 6.45) is 0. The van der Waals surface area contributed by atoms with Gasteiger partial charge in [-0.1, -0.05) is 109 Å². The molecule has 0 aliphatic rings. The van der Waals surface area contributed by atoms with Gasteiger partial charge in [-0.05, 0) is 94.7 Å². The molecule has 8 aromatic carbocycles. The molecule has 0 N–H and O–H groups in total. The lowest BCUT2D eigenvalue weighted by Gasteiger charge is -2.26. The van der Waals surface area contributed by atoms with Gasteiger partial charge in [0.1, 0.15) is 11.2 Å². The lowest BCUT2D eigenvalue weighted by Crippen LogP contribution is -2.10. The average Bonchev–Trinajstić information content (AvgIpc) is 3.72. The maximum absolute atomic E-state index is 6.30. The number of anilines is 3. The molecular weight excluding hydrogens is 597 g/mol. The van der Waals surface area contributed by atoms with E-state index in [9.17, 15) is 0 Å². The van der Waals surface area contributed by atoms with Gasteiger partial charge in [0.2, 0.25) is 0 Å². The van der Waals surface area contributed by atoms with Crippen LogP contribution in [0.4, 0.5) is 17.1 Å². The topological polar surface area (TPSA) is 21.3 Å². The van der Waals surface area contributed by atoms with Crippen molar-refractivity contribution in [1.29, 1.82) is 0 Å². The van der Waals surface area contributed by atoms with Crippen molar-refractivity contribution < 1.29 is 4.42 Å². The molecule has 10 rings (SSSR count). The van der Waals surface area contributed by atoms with Gasteiger partial charge in [0.15, 0.2) is 0 Å². The summed E-state index contributed by atoms with van der Waals surface area (Å²) in [6.45, 7) is 0. The molecule has 3 nitrogen and oxygen atoms in total. The maximum Gasteiger partial charge on any atom is 0.136 e. The van der Waals surface area contributed by atoms with Gasteiger partial charge in [0.05, 0.1) is 11.0 Å². The summed E-state index contributed by atoms with van der Waals surface area (Å²) < 4.78 is 8.66. The third-order valence-electron chi connectivity index (χ3n) is 9.76. The fourth-order valence-corrected chi connectivity index (χ4v) is 7.51. The second kappa shape index (κ2) is 11.0. The predicted molar refractivity (Wildman–Crippen MR) is 206 cm³/mol. The van der Waals surface area contributed by atoms with Crippen molar-refractivity contribution in [3.05, 3.63) is 182 Å². The zero-order chi connectivity index (χ0) is 32.3. The van der Waals surface area contributed by atoms with Crippen LogP contribution in [0.25, 0.3) is 71.3 Å². The van der Waals surface area contributed by atoms with Crippen molar-refractivity contribution in [3.8, 4) is 16.8 Å². The van der Waals surface area contributed by atoms with Gasteiger partial charge in [-0.3, -0.25) is 0 Å². The van der Waals surface area contributed by atoms with Crippen molar-refractivity contribution in [2.45, 2.75) is 0 Å². The number of hydrogen-bond donors (Lipinski definition) is 0. The quantitative estimate of drug-likeness (QED) is 0.190. The van der Waals surface area contributed by atoms with Gasteiger partial charge in [-0.15, -0.1) is 0 Å². The molecule has 2 aromatic heterocycles. The van der Waals surface area contributed by atoms with E-state index in [-0.39, 0.29) is 0 Å². The monoisotopic (exact) mass is 626 g/mol. The zero-order valence-electron chi connectivity index (χ0n) is 26.6. The Balaban J connectivity index is 1.21. The average molecular weight is 627 g/mol. The Hall–Kier alpha value is -6.58. The molecule has 0 saturated heterocycles. The lowest BCUT2D eigenvalue weighted by molar-refractivity contribution is 0.669. The van der Waals surface area contributed by atoms with E-state index in [4.69, 9.17) is 4.42 Å². The summed E-state index contributed by atoms with van der Waals surface area (Å²) in [5.74, 6) is 0. The molecule has 0 amide bonds. The smallest absolute Gasteiger partial charge is 0.136 e. The molecule has 0 saturated carbocycles. The first-order valence-electron chi connectivity index (χ1n) is 16.7. The number of benzene rings is 8. The third kappa shape index (κ3) is 4.44. The summed E-state index contributed by atoms with van der Waals surface area (Å²) >= 11 is 0. The summed E-state index contributed by atoms with van der Waals surface area (Å²) in [6, 6.07) is 65.0. The Bertz CT molecular complexity index is 2810. The molecule has 0 aliphatic carbocycles. The minimum Gasteiger partial charge on any atom is -0.456 e. The minimum absolute atomic E-state index is 0.903. The van der Waals surface area contributed by atoms with Crippen molar-refractivity contribution in [1.82, 2.24) is 4.57 Å². The van der Waals surface area contributed by atoms with Crippen LogP contribution < -0.4 is 4.90 Å². The van der Waals surface area contributed by atoms with Crippen LogP contribution in [0.2, 0.25) is 0 Å². The molecule has 3 heteroatoms. The fraction of sp³-hybridized carbons (Fsp3) is 0. The highest BCUT2D eigenvalue weighted by atomic mass is 16.3. The molecule has 0 atom stereocenters. The third-order valence-corrected chi connectivity index (χ3v) is 9.76. The first-order chi connectivity index (χ1) is 24.3. The van der Waals surface area contributed by atoms with Crippen molar-refractivity contribution >= 4 is 71.6 Å². The van der Waals surface area contributed by atoms with Gasteiger partial charge in [-0.2, -0.15) is 0 Å². The highest BCUT2D eigenvalue weighted by molar-refractivity contribution is 6.19. The molecule has 0 bridgehead atoms. The number of fused-ring (bicyclic) bond motifs is 8. The first kappa shape index (κ1) is 27.5. The molecule has 0 aliphatic heterocycles. The number of furan rings is 1. The van der Waals surface area contributed by atoms with Gasteiger partial charge in [0, 0.05) is 44.3 Å². The van der Waals surface area contributed by atoms with E-state index in [0.717, 1.165) is 44.7 Å². The fourth-order valence-electron chi connectivity index (χ4n) is 7.51. The second-order valence-corrected chi connectivity index (χ2v) is 12.6. The molecule has 0 spiro atoms. The van der Waals surface area contributed by atoms with E-state index >= 15 is 0 Å². The van der Waals surface area contributed by atoms with E-state index in [1.165, 1.54) is 43.7 Å². The molecule has 230 valence electrons. The van der Waals surface area contributed by atoms with Crippen LogP contribution >= 0.6 is 0 Å². The minimum atomic E-state index is 0.903. The Morgan fingerprint density at radius 3 is 1.80 bits per heavy atom. The first-order valence-corrected chi connectivity index (χ1v) is 16.7. The summed E-state index contributed by atoms with van der Waals surface area (Å²) in [5, 5.41) is 7.08. The van der Waals surface area contributed by atoms with Crippen molar-refractivity contribution in [2.24, 2.45) is 0 Å². The molecule has 49 heavy (non-hydrogen) atoms. The molecule has 0 radical (unpaired) electrons. The molecule has 10 aromatic rings. The van der Waals surface area contributed by atoms with E-state index in [0.29, 0.717) is 0 Å². The Morgan fingerprint density at radius 2 is 0.980 bits per heavy atom. The number of para-hydroxylation sites is 3. The van der Waals surface area contributed by atoms with E-state index < -0.39 is 0 Å². The van der Waals surface area contributed by atoms with Crippen LogP contribution in [-0.4, -0.2) is 4.57 Å². The SMILES string of the molecule is c1ccc(-c2ccc(N(c3ccc4ccc5oc6ccccc6c5c4c3)c3ccc4c(c3)c3ccccc3n4-c3ccccc3)cc2)cc1. The Labute approximate surface area is 283 Å². The lowest BCUT2D eigenvalue weighted by atomic mass is 10.0. The van der Waals surface area contributed by atoms with Crippen LogP contribution in [-0.2, 0) is 0 Å². The standard InChI is InChI=1S/C46H30N2O/c1-3-11-31(12-4-1)32-19-23-35(24-20-32)47(36-25-21-33-22-28-45-46(40(33)29-36)39-16-8-10-18-44(39)49-45)37-26-27-43-41(30-37)38-15-7-9-17-42(38)48(43)34-13-5-2-6-14-34/h1-30H. The van der Waals surface area contributed by atoms with Gasteiger partial charge in [0.25, 0.3) is 0 Å². The Kier molecular flexibility index (Phi) is 6.18.